The van der Waals surface area contributed by atoms with Crippen molar-refractivity contribution in [3.05, 3.63) is 176 Å². The van der Waals surface area contributed by atoms with Crippen LogP contribution in [0.1, 0.15) is 0 Å². The third kappa shape index (κ3) is 4.52. The van der Waals surface area contributed by atoms with Gasteiger partial charge in [0, 0.05) is 61.4 Å². The molecule has 12 rings (SSSR count). The monoisotopic (exact) mass is 707 g/mol. The molecule has 0 N–H and O–H groups in total. The molecule has 0 aliphatic heterocycles. The van der Waals surface area contributed by atoms with Gasteiger partial charge >= 0.3 is 0 Å². The summed E-state index contributed by atoms with van der Waals surface area (Å²) in [5.41, 5.74) is 11.9. The van der Waals surface area contributed by atoms with Crippen molar-refractivity contribution in [2.24, 2.45) is 0 Å². The Morgan fingerprint density at radius 1 is 0.418 bits per heavy atom. The molecule has 0 fully saturated rings. The van der Waals surface area contributed by atoms with Crippen molar-refractivity contribution in [2.75, 3.05) is 4.90 Å². The van der Waals surface area contributed by atoms with Gasteiger partial charge in [0.05, 0.1) is 22.4 Å². The van der Waals surface area contributed by atoms with Crippen LogP contribution in [0.5, 0.6) is 0 Å². The molecule has 0 bridgehead atoms. The van der Waals surface area contributed by atoms with Gasteiger partial charge in [0.2, 0.25) is 5.89 Å². The lowest BCUT2D eigenvalue weighted by molar-refractivity contribution is 0.620. The fourth-order valence-corrected chi connectivity index (χ4v) is 8.32. The topological polar surface area (TPSA) is 60.5 Å². The number of hydrogen-bond donors (Lipinski definition) is 0. The lowest BCUT2D eigenvalue weighted by atomic mass is 10.1. The lowest BCUT2D eigenvalue weighted by Gasteiger charge is -2.25. The normalized spacial score (nSPS) is 12.0. The van der Waals surface area contributed by atoms with Gasteiger partial charge in [-0.1, -0.05) is 84.9 Å². The van der Waals surface area contributed by atoms with E-state index < -0.39 is 0 Å². The molecule has 55 heavy (non-hydrogen) atoms. The Bertz CT molecular complexity index is 3440. The SMILES string of the molecule is c1ccc(-c2nc3cc4oc5c(N(c6ccc7c(c6)oc6ccccc67)c6ccc7c(c6)c6ccccc6n7-c6ccccc6)cccc5c4cc3o2)cc1. The number of anilines is 3. The molecular formula is C49H29N3O3. The van der Waals surface area contributed by atoms with Crippen molar-refractivity contribution in [3.8, 4) is 17.1 Å². The Balaban J connectivity index is 1.10. The molecule has 0 radical (unpaired) electrons. The van der Waals surface area contributed by atoms with E-state index in [1.165, 1.54) is 5.39 Å². The number of benzene rings is 8. The van der Waals surface area contributed by atoms with Crippen LogP contribution in [0.3, 0.4) is 0 Å². The number of hydrogen-bond acceptors (Lipinski definition) is 5. The Hall–Kier alpha value is -7.57. The average Bonchev–Trinajstić information content (AvgIpc) is 4.01. The standard InChI is InChI=1S/C49H29N3O3/c1-3-12-30(13-4-1)49-50-40-29-46-39(28-47(40)55-49)37-18-11-20-43(48(37)54-46)51(33-22-24-36-35-17-8-10-21-44(35)53-45(36)27-33)32-23-25-42-38(26-32)34-16-7-9-19-41(34)52(42)31-14-5-2-6-15-31/h1-29H. The highest BCUT2D eigenvalue weighted by atomic mass is 16.4. The van der Waals surface area contributed by atoms with Crippen molar-refractivity contribution in [3.63, 3.8) is 0 Å². The van der Waals surface area contributed by atoms with Crippen LogP contribution in [-0.2, 0) is 0 Å². The molecule has 6 heteroatoms. The minimum Gasteiger partial charge on any atom is -0.456 e. The lowest BCUT2D eigenvalue weighted by Crippen LogP contribution is -2.10. The van der Waals surface area contributed by atoms with E-state index in [4.69, 9.17) is 18.2 Å². The van der Waals surface area contributed by atoms with E-state index >= 15 is 0 Å². The van der Waals surface area contributed by atoms with Gasteiger partial charge in [0.25, 0.3) is 0 Å². The molecule has 8 aromatic carbocycles. The van der Waals surface area contributed by atoms with Crippen molar-refractivity contribution >= 4 is 93.8 Å². The maximum atomic E-state index is 6.83. The van der Waals surface area contributed by atoms with Gasteiger partial charge in [-0.15, -0.1) is 0 Å². The van der Waals surface area contributed by atoms with Crippen LogP contribution in [0.15, 0.2) is 189 Å². The predicted octanol–water partition coefficient (Wildman–Crippen LogP) is 13.9. The number of para-hydroxylation sites is 4. The second-order valence-corrected chi connectivity index (χ2v) is 14.0. The Labute approximate surface area is 313 Å². The number of furan rings is 2. The maximum Gasteiger partial charge on any atom is 0.227 e. The van der Waals surface area contributed by atoms with Gasteiger partial charge < -0.3 is 22.7 Å². The summed E-state index contributed by atoms with van der Waals surface area (Å²) in [6.07, 6.45) is 0. The van der Waals surface area contributed by atoms with E-state index in [1.54, 1.807) is 0 Å². The first-order valence-electron chi connectivity index (χ1n) is 18.4. The molecule has 0 atom stereocenters. The van der Waals surface area contributed by atoms with Gasteiger partial charge in [0.1, 0.15) is 22.3 Å². The quantitative estimate of drug-likeness (QED) is 0.178. The number of nitrogens with zero attached hydrogens (tertiary/aromatic N) is 3. The molecule has 0 spiro atoms. The zero-order valence-electron chi connectivity index (χ0n) is 29.3. The van der Waals surface area contributed by atoms with Gasteiger partial charge in [-0.05, 0) is 78.9 Å². The highest BCUT2D eigenvalue weighted by molar-refractivity contribution is 6.15. The molecule has 0 amide bonds. The van der Waals surface area contributed by atoms with Crippen molar-refractivity contribution < 1.29 is 13.3 Å². The second-order valence-electron chi connectivity index (χ2n) is 14.0. The third-order valence-electron chi connectivity index (χ3n) is 10.8. The summed E-state index contributed by atoms with van der Waals surface area (Å²) in [4.78, 5) is 7.11. The van der Waals surface area contributed by atoms with Gasteiger partial charge in [-0.2, -0.15) is 0 Å². The number of oxazole rings is 1. The van der Waals surface area contributed by atoms with Gasteiger partial charge in [-0.3, -0.25) is 0 Å². The van der Waals surface area contributed by atoms with E-state index in [0.717, 1.165) is 94.1 Å². The van der Waals surface area contributed by atoms with Crippen molar-refractivity contribution in [1.82, 2.24) is 9.55 Å². The summed E-state index contributed by atoms with van der Waals surface area (Å²) in [6, 6.07) is 60.9. The molecule has 0 unspecified atom stereocenters. The molecule has 258 valence electrons. The van der Waals surface area contributed by atoms with Crippen LogP contribution in [0, 0.1) is 0 Å². The molecule has 0 saturated carbocycles. The molecule has 0 aliphatic carbocycles. The van der Waals surface area contributed by atoms with Gasteiger partial charge in [-0.25, -0.2) is 4.98 Å². The fraction of sp³-hybridized carbons (Fsp3) is 0. The first kappa shape index (κ1) is 29.9. The number of rotatable bonds is 5. The van der Waals surface area contributed by atoms with Crippen LogP contribution < -0.4 is 4.90 Å². The molecule has 4 heterocycles. The minimum absolute atomic E-state index is 0.587. The van der Waals surface area contributed by atoms with Crippen LogP contribution in [0.25, 0.3) is 93.9 Å². The van der Waals surface area contributed by atoms with E-state index in [9.17, 15) is 0 Å². The maximum absolute atomic E-state index is 6.83. The Morgan fingerprint density at radius 3 is 2.00 bits per heavy atom. The largest absolute Gasteiger partial charge is 0.456 e. The first-order chi connectivity index (χ1) is 27.2. The van der Waals surface area contributed by atoms with Crippen LogP contribution >= 0.6 is 0 Å². The molecule has 12 aromatic rings. The van der Waals surface area contributed by atoms with E-state index in [0.29, 0.717) is 11.5 Å². The molecule has 0 saturated heterocycles. The zero-order valence-corrected chi connectivity index (χ0v) is 29.3. The van der Waals surface area contributed by atoms with E-state index in [-0.39, 0.29) is 0 Å². The Kier molecular flexibility index (Phi) is 6.24. The smallest absolute Gasteiger partial charge is 0.227 e. The molecule has 0 aliphatic rings. The average molecular weight is 708 g/mol. The Morgan fingerprint density at radius 2 is 1.11 bits per heavy atom. The highest BCUT2D eigenvalue weighted by Gasteiger charge is 2.23. The summed E-state index contributed by atoms with van der Waals surface area (Å²) >= 11 is 0. The summed E-state index contributed by atoms with van der Waals surface area (Å²) in [7, 11) is 0. The van der Waals surface area contributed by atoms with Crippen molar-refractivity contribution in [2.45, 2.75) is 0 Å². The molecular weight excluding hydrogens is 679 g/mol. The summed E-state index contributed by atoms with van der Waals surface area (Å²) in [5, 5.41) is 6.47. The highest BCUT2D eigenvalue weighted by Crippen LogP contribution is 2.46. The van der Waals surface area contributed by atoms with Crippen molar-refractivity contribution in [1.29, 1.82) is 0 Å². The van der Waals surface area contributed by atoms with E-state index in [2.05, 4.69) is 137 Å². The van der Waals surface area contributed by atoms with E-state index in [1.807, 2.05) is 48.5 Å². The minimum atomic E-state index is 0.587. The van der Waals surface area contributed by atoms with Crippen LogP contribution in [0.2, 0.25) is 0 Å². The van der Waals surface area contributed by atoms with Gasteiger partial charge in [0.15, 0.2) is 11.2 Å². The zero-order chi connectivity index (χ0) is 36.0. The first-order valence-corrected chi connectivity index (χ1v) is 18.4. The summed E-state index contributed by atoms with van der Waals surface area (Å²) in [5.74, 6) is 0.587. The number of fused-ring (bicyclic) bond motifs is 10. The predicted molar refractivity (Wildman–Crippen MR) is 223 cm³/mol. The number of aromatic nitrogens is 2. The fourth-order valence-electron chi connectivity index (χ4n) is 8.32. The molecule has 6 nitrogen and oxygen atoms in total. The molecule has 4 aromatic heterocycles. The summed E-state index contributed by atoms with van der Waals surface area (Å²) < 4.78 is 21.9. The van der Waals surface area contributed by atoms with Crippen LogP contribution in [0.4, 0.5) is 17.1 Å². The summed E-state index contributed by atoms with van der Waals surface area (Å²) in [6.45, 7) is 0. The second kappa shape index (κ2) is 11.5. The third-order valence-corrected chi connectivity index (χ3v) is 10.8. The van der Waals surface area contributed by atoms with Crippen LogP contribution in [-0.4, -0.2) is 9.55 Å².